The number of piperazine rings is 1. The number of halogens is 2. The van der Waals surface area contributed by atoms with Gasteiger partial charge in [0.15, 0.2) is 0 Å². The molecule has 5 rings (SSSR count). The minimum Gasteiger partial charge on any atom is -0.371 e. The van der Waals surface area contributed by atoms with Gasteiger partial charge in [-0.05, 0) is 60.1 Å². The third-order valence-corrected chi connectivity index (χ3v) is 6.22. The standard InChI is InChI=1S/C26H26F2N4.C2H6/c1-31-12-14-32(15-13-31)17-18-2-11-23-24(16-18)30-26(20-5-9-22(28)10-6-20)25(29-23)19-3-7-21(27)8-4-19;1-2/h2-11,16,26,30H,12-15,17H2,1H3;1-2H3. The van der Waals surface area contributed by atoms with Gasteiger partial charge in [0.05, 0.1) is 23.1 Å². The Bertz CT molecular complexity index is 1120. The van der Waals surface area contributed by atoms with E-state index in [4.69, 9.17) is 4.99 Å². The Hall–Kier alpha value is -3.09. The van der Waals surface area contributed by atoms with Gasteiger partial charge in [0, 0.05) is 32.7 Å². The Kier molecular flexibility index (Phi) is 7.70. The summed E-state index contributed by atoms with van der Waals surface area (Å²) in [6.45, 7) is 9.19. The molecule has 0 saturated carbocycles. The summed E-state index contributed by atoms with van der Waals surface area (Å²) >= 11 is 0. The van der Waals surface area contributed by atoms with Gasteiger partial charge in [-0.2, -0.15) is 0 Å². The highest BCUT2D eigenvalue weighted by Gasteiger charge is 2.26. The molecule has 0 spiro atoms. The second-order valence-corrected chi connectivity index (χ2v) is 8.56. The first-order chi connectivity index (χ1) is 16.5. The lowest BCUT2D eigenvalue weighted by Crippen LogP contribution is -2.43. The van der Waals surface area contributed by atoms with E-state index in [1.807, 2.05) is 19.9 Å². The van der Waals surface area contributed by atoms with Crippen LogP contribution in [0.1, 0.15) is 36.6 Å². The van der Waals surface area contributed by atoms with Gasteiger partial charge < -0.3 is 10.2 Å². The zero-order valence-corrected chi connectivity index (χ0v) is 20.1. The topological polar surface area (TPSA) is 30.9 Å². The number of fused-ring (bicyclic) bond motifs is 1. The number of anilines is 1. The van der Waals surface area contributed by atoms with Crippen LogP contribution in [0.5, 0.6) is 0 Å². The summed E-state index contributed by atoms with van der Waals surface area (Å²) in [6.07, 6.45) is 0. The van der Waals surface area contributed by atoms with Crippen molar-refractivity contribution in [1.82, 2.24) is 9.80 Å². The number of benzene rings is 3. The quantitative estimate of drug-likeness (QED) is 0.514. The molecule has 1 fully saturated rings. The Morgan fingerprint density at radius 1 is 0.853 bits per heavy atom. The summed E-state index contributed by atoms with van der Waals surface area (Å²) in [6, 6.07) is 18.9. The number of hydrogen-bond acceptors (Lipinski definition) is 4. The first-order valence-corrected chi connectivity index (χ1v) is 12.0. The maximum Gasteiger partial charge on any atom is 0.123 e. The molecule has 3 aromatic rings. The molecule has 4 nitrogen and oxygen atoms in total. The lowest BCUT2D eigenvalue weighted by molar-refractivity contribution is 0.148. The van der Waals surface area contributed by atoms with Crippen LogP contribution in [0.4, 0.5) is 20.2 Å². The van der Waals surface area contributed by atoms with Gasteiger partial charge >= 0.3 is 0 Å². The molecule has 1 saturated heterocycles. The lowest BCUT2D eigenvalue weighted by atomic mass is 9.94. The summed E-state index contributed by atoms with van der Waals surface area (Å²) in [5.41, 5.74) is 5.57. The highest BCUT2D eigenvalue weighted by molar-refractivity contribution is 6.10. The predicted molar refractivity (Wildman–Crippen MR) is 136 cm³/mol. The molecule has 0 aliphatic carbocycles. The minimum atomic E-state index is -0.287. The zero-order chi connectivity index (χ0) is 24.1. The molecule has 0 amide bonds. The molecule has 0 aromatic heterocycles. The van der Waals surface area contributed by atoms with E-state index in [2.05, 4.69) is 34.3 Å². The van der Waals surface area contributed by atoms with Crippen molar-refractivity contribution in [2.75, 3.05) is 38.5 Å². The van der Waals surface area contributed by atoms with Crippen molar-refractivity contribution in [1.29, 1.82) is 0 Å². The summed E-state index contributed by atoms with van der Waals surface area (Å²) in [5, 5.41) is 3.61. The fraction of sp³-hybridized carbons (Fsp3) is 0.321. The minimum absolute atomic E-state index is 0.257. The van der Waals surface area contributed by atoms with Crippen molar-refractivity contribution in [2.24, 2.45) is 4.99 Å². The molecular weight excluding hydrogens is 430 g/mol. The van der Waals surface area contributed by atoms with Crippen molar-refractivity contribution in [3.05, 3.63) is 95.1 Å². The van der Waals surface area contributed by atoms with Crippen molar-refractivity contribution >= 4 is 17.1 Å². The van der Waals surface area contributed by atoms with Crippen LogP contribution in [0, 0.1) is 11.6 Å². The summed E-state index contributed by atoms with van der Waals surface area (Å²) in [7, 11) is 2.16. The van der Waals surface area contributed by atoms with E-state index in [0.717, 1.165) is 60.9 Å². The van der Waals surface area contributed by atoms with Crippen LogP contribution >= 0.6 is 0 Å². The van der Waals surface area contributed by atoms with E-state index in [0.29, 0.717) is 0 Å². The number of nitrogens with one attached hydrogen (secondary N) is 1. The number of aliphatic imine (C=N–C) groups is 1. The fourth-order valence-corrected chi connectivity index (χ4v) is 4.33. The maximum absolute atomic E-state index is 13.6. The number of hydrogen-bond donors (Lipinski definition) is 1. The van der Waals surface area contributed by atoms with Crippen LogP contribution in [0.15, 0.2) is 71.7 Å². The van der Waals surface area contributed by atoms with Crippen molar-refractivity contribution in [2.45, 2.75) is 26.4 Å². The van der Waals surface area contributed by atoms with E-state index in [1.54, 1.807) is 24.3 Å². The first-order valence-electron chi connectivity index (χ1n) is 12.0. The molecule has 2 heterocycles. The molecule has 2 aliphatic heterocycles. The molecule has 178 valence electrons. The third-order valence-electron chi connectivity index (χ3n) is 6.22. The smallest absolute Gasteiger partial charge is 0.123 e. The molecule has 2 aliphatic rings. The summed E-state index contributed by atoms with van der Waals surface area (Å²) < 4.78 is 27.1. The van der Waals surface area contributed by atoms with Crippen LogP contribution in [0.25, 0.3) is 0 Å². The van der Waals surface area contributed by atoms with Gasteiger partial charge in [-0.3, -0.25) is 4.90 Å². The Morgan fingerprint density at radius 2 is 1.47 bits per heavy atom. The SMILES string of the molecule is CC.CN1CCN(Cc2ccc3c(c2)NC(c2ccc(F)cc2)C(c2ccc(F)cc2)=N3)CC1. The second-order valence-electron chi connectivity index (χ2n) is 8.56. The second kappa shape index (κ2) is 10.9. The average Bonchev–Trinajstić information content (AvgIpc) is 2.87. The van der Waals surface area contributed by atoms with Crippen molar-refractivity contribution in [3.8, 4) is 0 Å². The van der Waals surface area contributed by atoms with Crippen molar-refractivity contribution in [3.63, 3.8) is 0 Å². The van der Waals surface area contributed by atoms with E-state index in [9.17, 15) is 8.78 Å². The van der Waals surface area contributed by atoms with Gasteiger partial charge in [0.2, 0.25) is 0 Å². The highest BCUT2D eigenvalue weighted by atomic mass is 19.1. The zero-order valence-electron chi connectivity index (χ0n) is 20.1. The van der Waals surface area contributed by atoms with Crippen LogP contribution in [-0.4, -0.2) is 48.7 Å². The molecular formula is C28H32F2N4. The maximum atomic E-state index is 13.6. The summed E-state index contributed by atoms with van der Waals surface area (Å²) in [4.78, 5) is 9.76. The number of rotatable bonds is 4. The molecule has 3 aromatic carbocycles. The van der Waals surface area contributed by atoms with Gasteiger partial charge in [-0.1, -0.05) is 44.2 Å². The predicted octanol–water partition coefficient (Wildman–Crippen LogP) is 6.03. The Morgan fingerprint density at radius 3 is 2.12 bits per heavy atom. The van der Waals surface area contributed by atoms with Crippen LogP contribution in [0.2, 0.25) is 0 Å². The number of nitrogens with zero attached hydrogens (tertiary/aromatic N) is 3. The molecule has 1 N–H and O–H groups in total. The van der Waals surface area contributed by atoms with E-state index in [-0.39, 0.29) is 17.7 Å². The Balaban J connectivity index is 0.00000133. The van der Waals surface area contributed by atoms with Crippen molar-refractivity contribution < 1.29 is 8.78 Å². The van der Waals surface area contributed by atoms with E-state index < -0.39 is 0 Å². The normalized spacial score (nSPS) is 18.3. The van der Waals surface area contributed by atoms with Gasteiger partial charge in [0.25, 0.3) is 0 Å². The van der Waals surface area contributed by atoms with Crippen LogP contribution in [0.3, 0.4) is 0 Å². The first kappa shape index (κ1) is 24.0. The van der Waals surface area contributed by atoms with Crippen LogP contribution < -0.4 is 5.32 Å². The summed E-state index contributed by atoms with van der Waals surface area (Å²) in [5.74, 6) is -0.565. The number of likely N-dealkylation sites (N-methyl/N-ethyl adjacent to an activating group) is 1. The largest absolute Gasteiger partial charge is 0.371 e. The highest BCUT2D eigenvalue weighted by Crippen LogP contribution is 2.37. The van der Waals surface area contributed by atoms with Crippen LogP contribution in [-0.2, 0) is 6.54 Å². The van der Waals surface area contributed by atoms with Gasteiger partial charge in [-0.15, -0.1) is 0 Å². The Labute approximate surface area is 200 Å². The molecule has 0 radical (unpaired) electrons. The fourth-order valence-electron chi connectivity index (χ4n) is 4.33. The third kappa shape index (κ3) is 5.51. The molecule has 6 heteroatoms. The molecule has 1 unspecified atom stereocenters. The molecule has 34 heavy (non-hydrogen) atoms. The van der Waals surface area contributed by atoms with Gasteiger partial charge in [-0.25, -0.2) is 13.8 Å². The average molecular weight is 463 g/mol. The molecule has 1 atom stereocenters. The van der Waals surface area contributed by atoms with E-state index >= 15 is 0 Å². The van der Waals surface area contributed by atoms with E-state index in [1.165, 1.54) is 29.8 Å². The monoisotopic (exact) mass is 462 g/mol. The molecule has 0 bridgehead atoms. The van der Waals surface area contributed by atoms with Gasteiger partial charge in [0.1, 0.15) is 11.6 Å². The lowest BCUT2D eigenvalue weighted by Gasteiger charge is -2.33.